The third-order valence-electron chi connectivity index (χ3n) is 3.03. The van der Waals surface area contributed by atoms with Crippen LogP contribution in [0.1, 0.15) is 44.9 Å². The summed E-state index contributed by atoms with van der Waals surface area (Å²) in [4.78, 5) is 0. The van der Waals surface area contributed by atoms with Gasteiger partial charge in [-0.25, -0.2) is 0 Å². The van der Waals surface area contributed by atoms with Gasteiger partial charge >= 0.3 is 0 Å². The lowest BCUT2D eigenvalue weighted by molar-refractivity contribution is -0.0585. The average Bonchev–Trinajstić information content (AvgIpc) is 2.34. The summed E-state index contributed by atoms with van der Waals surface area (Å²) in [6.07, 6.45) is 0.315. The van der Waals surface area contributed by atoms with Gasteiger partial charge in [0.1, 0.15) is 6.10 Å². The number of hydrogen-bond acceptors (Lipinski definition) is 2. The van der Waals surface area contributed by atoms with Crippen LogP contribution in [0.4, 0.5) is 0 Å². The summed E-state index contributed by atoms with van der Waals surface area (Å²) < 4.78 is 5.64. The highest BCUT2D eigenvalue weighted by atomic mass is 16.5. The van der Waals surface area contributed by atoms with Crippen LogP contribution < -0.4 is 0 Å². The Morgan fingerprint density at radius 3 is 2.47 bits per heavy atom. The predicted octanol–water partition coefficient (Wildman–Crippen LogP) is 3.34. The average molecular weight is 236 g/mol. The van der Waals surface area contributed by atoms with Gasteiger partial charge in [-0.15, -0.1) is 0 Å². The van der Waals surface area contributed by atoms with Crippen molar-refractivity contribution in [3.05, 3.63) is 35.4 Å². The number of ether oxygens (including phenoxy) is 1. The van der Waals surface area contributed by atoms with Crippen molar-refractivity contribution in [2.45, 2.75) is 46.3 Å². The normalized spacial score (nSPS) is 14.9. The fourth-order valence-corrected chi connectivity index (χ4v) is 2.03. The lowest BCUT2D eigenvalue weighted by atomic mass is 9.94. The molecule has 2 heteroatoms. The van der Waals surface area contributed by atoms with E-state index >= 15 is 0 Å². The number of aliphatic hydroxyl groups is 1. The molecule has 0 spiro atoms. The molecular formula is C15H24O2. The van der Waals surface area contributed by atoms with Crippen LogP contribution in [-0.2, 0) is 11.2 Å². The maximum atomic E-state index is 10.4. The Bertz CT molecular complexity index is 333. The molecule has 0 aliphatic rings. The van der Waals surface area contributed by atoms with Crippen molar-refractivity contribution in [3.63, 3.8) is 0 Å². The molecule has 1 N–H and O–H groups in total. The van der Waals surface area contributed by atoms with Gasteiger partial charge in [0, 0.05) is 6.61 Å². The zero-order chi connectivity index (χ0) is 12.8. The Morgan fingerprint density at radius 2 is 1.94 bits per heavy atom. The first kappa shape index (κ1) is 14.2. The monoisotopic (exact) mass is 236 g/mol. The standard InChI is InChI=1S/C15H24O2/c1-5-12-8-7-9-13(10-12)14(16)15(11(3)4)17-6-2/h7-11,14-16H,5-6H2,1-4H3. The minimum atomic E-state index is -0.540. The van der Waals surface area contributed by atoms with Crippen molar-refractivity contribution in [2.75, 3.05) is 6.61 Å². The molecule has 2 unspecified atom stereocenters. The van der Waals surface area contributed by atoms with Crippen LogP contribution in [-0.4, -0.2) is 17.8 Å². The number of hydrogen-bond donors (Lipinski definition) is 1. The van der Waals surface area contributed by atoms with Crippen LogP contribution in [0.3, 0.4) is 0 Å². The van der Waals surface area contributed by atoms with E-state index in [1.165, 1.54) is 5.56 Å². The molecule has 0 fully saturated rings. The first-order valence-electron chi connectivity index (χ1n) is 6.48. The molecule has 1 aromatic rings. The van der Waals surface area contributed by atoms with Gasteiger partial charge in [0.2, 0.25) is 0 Å². The summed E-state index contributed by atoms with van der Waals surface area (Å²) >= 11 is 0. The van der Waals surface area contributed by atoms with E-state index in [4.69, 9.17) is 4.74 Å². The lowest BCUT2D eigenvalue weighted by Gasteiger charge is -2.26. The number of benzene rings is 1. The van der Waals surface area contributed by atoms with Crippen LogP contribution in [0, 0.1) is 5.92 Å². The van der Waals surface area contributed by atoms with Crippen LogP contribution in [0.25, 0.3) is 0 Å². The second kappa shape index (κ2) is 6.77. The Hall–Kier alpha value is -0.860. The first-order chi connectivity index (χ1) is 8.10. The molecular weight excluding hydrogens is 212 g/mol. The Kier molecular flexibility index (Phi) is 5.66. The minimum absolute atomic E-state index is 0.132. The van der Waals surface area contributed by atoms with E-state index < -0.39 is 6.10 Å². The summed E-state index contributed by atoms with van der Waals surface area (Å²) in [6, 6.07) is 8.12. The van der Waals surface area contributed by atoms with Crippen LogP contribution in [0.15, 0.2) is 24.3 Å². The molecule has 2 nitrogen and oxygen atoms in total. The molecule has 0 aliphatic heterocycles. The second-order valence-electron chi connectivity index (χ2n) is 4.71. The van der Waals surface area contributed by atoms with E-state index in [0.717, 1.165) is 12.0 Å². The summed E-state index contributed by atoms with van der Waals surface area (Å²) in [6.45, 7) is 8.87. The zero-order valence-corrected chi connectivity index (χ0v) is 11.3. The molecule has 1 aromatic carbocycles. The van der Waals surface area contributed by atoms with Gasteiger partial charge in [0.25, 0.3) is 0 Å². The van der Waals surface area contributed by atoms with E-state index in [2.05, 4.69) is 32.9 Å². The highest BCUT2D eigenvalue weighted by molar-refractivity contribution is 5.25. The fraction of sp³-hybridized carbons (Fsp3) is 0.600. The lowest BCUT2D eigenvalue weighted by Crippen LogP contribution is -2.27. The summed E-state index contributed by atoms with van der Waals surface area (Å²) in [7, 11) is 0. The zero-order valence-electron chi connectivity index (χ0n) is 11.3. The van der Waals surface area contributed by atoms with Gasteiger partial charge < -0.3 is 9.84 Å². The molecule has 2 atom stereocenters. The largest absolute Gasteiger partial charge is 0.386 e. The van der Waals surface area contributed by atoms with Gasteiger partial charge in [-0.05, 0) is 30.4 Å². The quantitative estimate of drug-likeness (QED) is 0.821. The number of aliphatic hydroxyl groups excluding tert-OH is 1. The van der Waals surface area contributed by atoms with Crippen LogP contribution in [0.2, 0.25) is 0 Å². The highest BCUT2D eigenvalue weighted by Crippen LogP contribution is 2.25. The van der Waals surface area contributed by atoms with Gasteiger partial charge in [-0.1, -0.05) is 45.0 Å². The molecule has 0 saturated heterocycles. The summed E-state index contributed by atoms with van der Waals surface area (Å²) in [5.41, 5.74) is 2.21. The number of aryl methyl sites for hydroxylation is 1. The molecule has 0 bridgehead atoms. The van der Waals surface area contributed by atoms with Gasteiger partial charge in [-0.2, -0.15) is 0 Å². The second-order valence-corrected chi connectivity index (χ2v) is 4.71. The third-order valence-corrected chi connectivity index (χ3v) is 3.03. The summed E-state index contributed by atoms with van der Waals surface area (Å²) in [5, 5.41) is 10.4. The molecule has 96 valence electrons. The van der Waals surface area contributed by atoms with Crippen molar-refractivity contribution in [2.24, 2.45) is 5.92 Å². The summed E-state index contributed by atoms with van der Waals surface area (Å²) in [5.74, 6) is 0.301. The van der Waals surface area contributed by atoms with Crippen molar-refractivity contribution >= 4 is 0 Å². The molecule has 17 heavy (non-hydrogen) atoms. The maximum Gasteiger partial charge on any atom is 0.105 e. The van der Waals surface area contributed by atoms with Crippen molar-refractivity contribution in [3.8, 4) is 0 Å². The smallest absolute Gasteiger partial charge is 0.105 e. The number of rotatable bonds is 6. The van der Waals surface area contributed by atoms with E-state index in [0.29, 0.717) is 12.5 Å². The topological polar surface area (TPSA) is 29.5 Å². The van der Waals surface area contributed by atoms with Crippen molar-refractivity contribution < 1.29 is 9.84 Å². The Balaban J connectivity index is 2.88. The Morgan fingerprint density at radius 1 is 1.24 bits per heavy atom. The van der Waals surface area contributed by atoms with Gasteiger partial charge in [0.15, 0.2) is 0 Å². The van der Waals surface area contributed by atoms with Crippen LogP contribution in [0.5, 0.6) is 0 Å². The highest BCUT2D eigenvalue weighted by Gasteiger charge is 2.24. The fourth-order valence-electron chi connectivity index (χ4n) is 2.03. The molecule has 0 radical (unpaired) electrons. The van der Waals surface area contributed by atoms with Gasteiger partial charge in [0.05, 0.1) is 6.10 Å². The third kappa shape index (κ3) is 3.83. The van der Waals surface area contributed by atoms with E-state index in [9.17, 15) is 5.11 Å². The van der Waals surface area contributed by atoms with Crippen molar-refractivity contribution in [1.29, 1.82) is 0 Å². The van der Waals surface area contributed by atoms with E-state index in [1.54, 1.807) is 0 Å². The molecule has 0 heterocycles. The van der Waals surface area contributed by atoms with Gasteiger partial charge in [-0.3, -0.25) is 0 Å². The van der Waals surface area contributed by atoms with E-state index in [1.807, 2.05) is 19.1 Å². The molecule has 0 aliphatic carbocycles. The van der Waals surface area contributed by atoms with Crippen LogP contribution >= 0.6 is 0 Å². The molecule has 0 aromatic heterocycles. The van der Waals surface area contributed by atoms with E-state index in [-0.39, 0.29) is 6.10 Å². The molecule has 0 saturated carbocycles. The first-order valence-corrected chi connectivity index (χ1v) is 6.48. The molecule has 0 amide bonds. The van der Waals surface area contributed by atoms with Crippen molar-refractivity contribution in [1.82, 2.24) is 0 Å². The minimum Gasteiger partial charge on any atom is -0.386 e. The molecule has 1 rings (SSSR count). The predicted molar refractivity (Wildman–Crippen MR) is 71.0 cm³/mol. The SMILES string of the molecule is CCOC(C(C)C)C(O)c1cccc(CC)c1. The maximum absolute atomic E-state index is 10.4. The Labute approximate surface area is 105 Å².